The van der Waals surface area contributed by atoms with Gasteiger partial charge in [-0.25, -0.2) is 0 Å². The van der Waals surface area contributed by atoms with Crippen molar-refractivity contribution in [1.82, 2.24) is 4.57 Å². The molecule has 0 radical (unpaired) electrons. The third-order valence-electron chi connectivity index (χ3n) is 6.29. The Morgan fingerprint density at radius 3 is 2.66 bits per heavy atom. The summed E-state index contributed by atoms with van der Waals surface area (Å²) in [6.45, 7) is 7.84. The van der Waals surface area contributed by atoms with Gasteiger partial charge in [-0.2, -0.15) is 4.57 Å². The third-order valence-corrected chi connectivity index (χ3v) is 9.61. The van der Waals surface area contributed by atoms with Crippen molar-refractivity contribution in [2.45, 2.75) is 45.2 Å². The SMILES string of the molecule is CCc1ccc2c(c1)S/C(=c1/s/c(=C\c3scc[n+]3Cc3ccccc3C)n(CC)c1=O)N2C.[Cl-]. The van der Waals surface area contributed by atoms with Gasteiger partial charge in [0, 0.05) is 24.1 Å². The molecule has 0 spiro atoms. The van der Waals surface area contributed by atoms with E-state index in [1.165, 1.54) is 27.3 Å². The molecule has 1 aliphatic rings. The van der Waals surface area contributed by atoms with Crippen LogP contribution in [0.1, 0.15) is 35.5 Å². The number of hydrogen-bond acceptors (Lipinski definition) is 5. The van der Waals surface area contributed by atoms with Crippen LogP contribution in [-0.4, -0.2) is 11.6 Å². The lowest BCUT2D eigenvalue weighted by molar-refractivity contribution is -0.685. The van der Waals surface area contributed by atoms with Gasteiger partial charge in [-0.1, -0.05) is 60.4 Å². The maximum atomic E-state index is 13.5. The smallest absolute Gasteiger partial charge is 0.271 e. The summed E-state index contributed by atoms with van der Waals surface area (Å²) in [6.07, 6.45) is 5.31. The van der Waals surface area contributed by atoms with Crippen molar-refractivity contribution in [1.29, 1.82) is 0 Å². The van der Waals surface area contributed by atoms with Gasteiger partial charge in [0.15, 0.2) is 12.7 Å². The highest BCUT2D eigenvalue weighted by Crippen LogP contribution is 2.45. The van der Waals surface area contributed by atoms with E-state index in [1.807, 2.05) is 11.5 Å². The number of anilines is 1. The van der Waals surface area contributed by atoms with Gasteiger partial charge in [-0.3, -0.25) is 9.36 Å². The van der Waals surface area contributed by atoms with E-state index in [0.29, 0.717) is 6.54 Å². The maximum Gasteiger partial charge on any atom is 0.271 e. The molecule has 1 aliphatic heterocycles. The van der Waals surface area contributed by atoms with Crippen molar-refractivity contribution in [2.75, 3.05) is 11.9 Å². The molecule has 0 N–H and O–H groups in total. The van der Waals surface area contributed by atoms with Gasteiger partial charge >= 0.3 is 0 Å². The molecule has 0 fully saturated rings. The first kappa shape index (κ1) is 25.8. The highest BCUT2D eigenvalue weighted by atomic mass is 35.5. The molecule has 0 atom stereocenters. The molecule has 0 bridgehead atoms. The van der Waals surface area contributed by atoms with E-state index in [9.17, 15) is 4.79 Å². The van der Waals surface area contributed by atoms with Crippen molar-refractivity contribution in [3.8, 4) is 0 Å². The zero-order chi connectivity index (χ0) is 23.8. The van der Waals surface area contributed by atoms with Crippen LogP contribution in [0, 0.1) is 6.92 Å². The van der Waals surface area contributed by atoms with E-state index in [2.05, 4.69) is 90.5 Å². The average Bonchev–Trinajstić information content (AvgIpc) is 3.51. The first-order chi connectivity index (χ1) is 16.5. The Hall–Kier alpha value is -2.32. The Morgan fingerprint density at radius 2 is 1.91 bits per heavy atom. The lowest BCUT2D eigenvalue weighted by atomic mass is 10.1. The number of halogens is 1. The summed E-state index contributed by atoms with van der Waals surface area (Å²) in [7, 11) is 2.06. The van der Waals surface area contributed by atoms with Crippen LogP contribution in [0.25, 0.3) is 11.1 Å². The molecule has 3 heterocycles. The molecule has 0 saturated heterocycles. The van der Waals surface area contributed by atoms with Gasteiger partial charge in [0.1, 0.15) is 14.2 Å². The first-order valence-corrected chi connectivity index (χ1v) is 14.0. The summed E-state index contributed by atoms with van der Waals surface area (Å²) in [4.78, 5) is 16.9. The largest absolute Gasteiger partial charge is 1.00 e. The highest BCUT2D eigenvalue weighted by molar-refractivity contribution is 8.08. The van der Waals surface area contributed by atoms with Crippen molar-refractivity contribution < 1.29 is 17.0 Å². The normalized spacial score (nSPS) is 14.9. The molecule has 182 valence electrons. The molecule has 2 aromatic carbocycles. The van der Waals surface area contributed by atoms with Crippen LogP contribution in [0.5, 0.6) is 0 Å². The number of aromatic nitrogens is 2. The van der Waals surface area contributed by atoms with Crippen molar-refractivity contribution in [3.05, 3.63) is 95.3 Å². The molecule has 4 nitrogen and oxygen atoms in total. The Kier molecular flexibility index (Phi) is 7.91. The van der Waals surface area contributed by atoms with Crippen LogP contribution in [0.3, 0.4) is 0 Å². The zero-order valence-electron chi connectivity index (χ0n) is 20.2. The zero-order valence-corrected chi connectivity index (χ0v) is 23.5. The number of thioether (sulfide) groups is 1. The number of aryl methyl sites for hydroxylation is 2. The molecule has 0 amide bonds. The van der Waals surface area contributed by atoms with E-state index in [0.717, 1.165) is 32.2 Å². The Morgan fingerprint density at radius 1 is 1.11 bits per heavy atom. The topological polar surface area (TPSA) is 29.1 Å². The summed E-state index contributed by atoms with van der Waals surface area (Å²) >= 11 is 5.02. The minimum atomic E-state index is 0. The van der Waals surface area contributed by atoms with E-state index >= 15 is 0 Å². The molecule has 0 unspecified atom stereocenters. The van der Waals surface area contributed by atoms with Crippen LogP contribution in [0.2, 0.25) is 0 Å². The summed E-state index contributed by atoms with van der Waals surface area (Å²) in [5.41, 5.74) is 5.19. The molecule has 5 rings (SSSR count). The van der Waals surface area contributed by atoms with Crippen LogP contribution in [0.4, 0.5) is 5.69 Å². The molecule has 0 saturated carbocycles. The minimum Gasteiger partial charge on any atom is -1.00 e. The van der Waals surface area contributed by atoms with Gasteiger partial charge in [0.2, 0.25) is 0 Å². The van der Waals surface area contributed by atoms with E-state index in [1.54, 1.807) is 34.4 Å². The standard InChI is InChI=1S/C27H28N3OS3.ClH/c1-5-19-11-12-21-22(15-19)33-27(28(21)4)25-26(31)30(6-2)24(34-25)16-23-29(13-14-32-23)17-20-10-8-7-9-18(20)3;/h7-16H,5-6,17H2,1-4H3;1H/q+1;/p-1/b27-25+;. The lowest BCUT2D eigenvalue weighted by Gasteiger charge is -2.12. The van der Waals surface area contributed by atoms with Gasteiger partial charge in [-0.05, 0) is 43.5 Å². The first-order valence-electron chi connectivity index (χ1n) is 11.5. The third kappa shape index (κ3) is 4.87. The molecular formula is C27H28ClN3OS3. The second-order valence-corrected chi connectivity index (χ2v) is 11.4. The fraction of sp³-hybridized carbons (Fsp3) is 0.259. The summed E-state index contributed by atoms with van der Waals surface area (Å²) < 4.78 is 5.98. The number of fused-ring (bicyclic) bond motifs is 1. The van der Waals surface area contributed by atoms with E-state index < -0.39 is 0 Å². The van der Waals surface area contributed by atoms with E-state index in [4.69, 9.17) is 0 Å². The van der Waals surface area contributed by atoms with Crippen molar-refractivity contribution in [3.63, 3.8) is 0 Å². The van der Waals surface area contributed by atoms with Crippen LogP contribution in [0.15, 0.2) is 63.7 Å². The summed E-state index contributed by atoms with van der Waals surface area (Å²) in [5, 5.41) is 4.29. The number of benzene rings is 2. The lowest BCUT2D eigenvalue weighted by Crippen LogP contribution is -3.00. The number of nitrogens with zero attached hydrogens (tertiary/aromatic N) is 3. The van der Waals surface area contributed by atoms with E-state index in [-0.39, 0.29) is 18.0 Å². The van der Waals surface area contributed by atoms with Crippen LogP contribution < -0.4 is 36.6 Å². The maximum absolute atomic E-state index is 13.5. The molecule has 2 aromatic heterocycles. The van der Waals surface area contributed by atoms with Crippen LogP contribution in [-0.2, 0) is 19.5 Å². The Bertz CT molecular complexity index is 1550. The number of hydrogen-bond donors (Lipinski definition) is 0. The van der Waals surface area contributed by atoms with Gasteiger partial charge < -0.3 is 17.3 Å². The molecular weight excluding hydrogens is 514 g/mol. The van der Waals surface area contributed by atoms with Gasteiger partial charge in [0.25, 0.3) is 10.6 Å². The molecule has 35 heavy (non-hydrogen) atoms. The Balaban J connectivity index is 0.00000289. The second-order valence-electron chi connectivity index (χ2n) is 8.38. The van der Waals surface area contributed by atoms with Crippen molar-refractivity contribution >= 4 is 51.2 Å². The van der Waals surface area contributed by atoms with Crippen molar-refractivity contribution in [2.24, 2.45) is 0 Å². The quantitative estimate of drug-likeness (QED) is 0.357. The predicted octanol–water partition coefficient (Wildman–Crippen LogP) is 1.34. The number of thiazole rings is 2. The van der Waals surface area contributed by atoms with Gasteiger partial charge in [-0.15, -0.1) is 11.3 Å². The fourth-order valence-electron chi connectivity index (χ4n) is 4.22. The second kappa shape index (κ2) is 10.7. The highest BCUT2D eigenvalue weighted by Gasteiger charge is 2.25. The molecule has 4 aromatic rings. The average molecular weight is 542 g/mol. The van der Waals surface area contributed by atoms with Crippen LogP contribution >= 0.6 is 34.4 Å². The fourth-order valence-corrected chi connectivity index (χ4v) is 7.60. The molecule has 8 heteroatoms. The monoisotopic (exact) mass is 541 g/mol. The van der Waals surface area contributed by atoms with Gasteiger partial charge in [0.05, 0.1) is 17.1 Å². The number of rotatable bonds is 5. The Labute approximate surface area is 224 Å². The minimum absolute atomic E-state index is 0. The predicted molar refractivity (Wildman–Crippen MR) is 145 cm³/mol. The summed E-state index contributed by atoms with van der Waals surface area (Å²) in [5.74, 6) is 0. The molecule has 0 aliphatic carbocycles. The summed E-state index contributed by atoms with van der Waals surface area (Å²) in [6, 6.07) is 15.1.